The summed E-state index contributed by atoms with van der Waals surface area (Å²) in [4.78, 5) is 25.9. The van der Waals surface area contributed by atoms with Crippen molar-refractivity contribution >= 4 is 23.2 Å². The standard InChI is InChI=1S/C19H31N7O/c1-14-18(27)24-15-16(21-13-22-17(15)23-14)20-12-19(6-4-3-5-7-19)26-10-8-25(2)9-11-26/h13-14H,3-12H2,1-2H3,(H,24,27)(H2,20,21,22,23). The van der Waals surface area contributed by atoms with E-state index in [9.17, 15) is 4.79 Å². The van der Waals surface area contributed by atoms with Gasteiger partial charge >= 0.3 is 0 Å². The van der Waals surface area contributed by atoms with Crippen LogP contribution in [0.1, 0.15) is 39.0 Å². The van der Waals surface area contributed by atoms with Crippen LogP contribution in [0.4, 0.5) is 17.3 Å². The summed E-state index contributed by atoms with van der Waals surface area (Å²) < 4.78 is 0. The molecule has 0 radical (unpaired) electrons. The van der Waals surface area contributed by atoms with Crippen LogP contribution in [0.5, 0.6) is 0 Å². The van der Waals surface area contributed by atoms with Gasteiger partial charge in [0.25, 0.3) is 0 Å². The molecule has 8 nitrogen and oxygen atoms in total. The molecule has 0 aromatic carbocycles. The highest BCUT2D eigenvalue weighted by atomic mass is 16.2. The Hall–Kier alpha value is -1.93. The largest absolute Gasteiger partial charge is 0.366 e. The molecule has 2 aliphatic heterocycles. The van der Waals surface area contributed by atoms with Gasteiger partial charge in [-0.3, -0.25) is 9.69 Å². The van der Waals surface area contributed by atoms with Gasteiger partial charge in [-0.05, 0) is 26.8 Å². The van der Waals surface area contributed by atoms with Gasteiger partial charge in [0.2, 0.25) is 5.91 Å². The van der Waals surface area contributed by atoms with Gasteiger partial charge < -0.3 is 20.9 Å². The molecule has 148 valence electrons. The van der Waals surface area contributed by atoms with Crippen LogP contribution in [0.25, 0.3) is 0 Å². The fourth-order valence-electron chi connectivity index (χ4n) is 4.59. The maximum atomic E-state index is 12.1. The predicted molar refractivity (Wildman–Crippen MR) is 107 cm³/mol. The van der Waals surface area contributed by atoms with E-state index < -0.39 is 0 Å². The predicted octanol–water partition coefficient (Wildman–Crippen LogP) is 1.59. The maximum absolute atomic E-state index is 12.1. The third-order valence-corrected chi connectivity index (χ3v) is 6.39. The molecule has 3 aliphatic rings. The van der Waals surface area contributed by atoms with Crippen molar-refractivity contribution in [1.82, 2.24) is 19.8 Å². The first-order valence-electron chi connectivity index (χ1n) is 10.2. The highest BCUT2D eigenvalue weighted by Gasteiger charge is 2.39. The summed E-state index contributed by atoms with van der Waals surface area (Å²) in [5.41, 5.74) is 0.849. The molecule has 8 heteroatoms. The van der Waals surface area contributed by atoms with Crippen molar-refractivity contribution < 1.29 is 4.79 Å². The quantitative estimate of drug-likeness (QED) is 0.739. The van der Waals surface area contributed by atoms with Crippen molar-refractivity contribution in [3.8, 4) is 0 Å². The second-order valence-corrected chi connectivity index (χ2v) is 8.23. The number of nitrogens with zero attached hydrogens (tertiary/aromatic N) is 4. The molecule has 27 heavy (non-hydrogen) atoms. The van der Waals surface area contributed by atoms with Gasteiger partial charge in [-0.15, -0.1) is 0 Å². The zero-order valence-electron chi connectivity index (χ0n) is 16.4. The third-order valence-electron chi connectivity index (χ3n) is 6.39. The van der Waals surface area contributed by atoms with Gasteiger partial charge in [0.1, 0.15) is 18.1 Å². The van der Waals surface area contributed by atoms with Crippen molar-refractivity contribution in [2.45, 2.75) is 50.6 Å². The summed E-state index contributed by atoms with van der Waals surface area (Å²) in [6, 6.07) is -0.282. The van der Waals surface area contributed by atoms with Gasteiger partial charge in [-0.1, -0.05) is 19.3 Å². The first-order chi connectivity index (χ1) is 13.1. The number of hydrogen-bond donors (Lipinski definition) is 3. The number of carbonyl (C=O) groups excluding carboxylic acids is 1. The molecule has 1 saturated heterocycles. The first-order valence-corrected chi connectivity index (χ1v) is 10.2. The SMILES string of the molecule is CC1Nc2ncnc(NCC3(N4CCN(C)CC4)CCCCC3)c2NC1=O. The fourth-order valence-corrected chi connectivity index (χ4v) is 4.59. The van der Waals surface area contributed by atoms with Crippen LogP contribution < -0.4 is 16.0 Å². The Morgan fingerprint density at radius 2 is 1.93 bits per heavy atom. The summed E-state index contributed by atoms with van der Waals surface area (Å²) in [6.45, 7) is 7.18. The minimum Gasteiger partial charge on any atom is -0.366 e. The molecule has 1 aromatic rings. The van der Waals surface area contributed by atoms with E-state index in [1.807, 2.05) is 6.92 Å². The maximum Gasteiger partial charge on any atom is 0.246 e. The van der Waals surface area contributed by atoms with E-state index in [4.69, 9.17) is 0 Å². The van der Waals surface area contributed by atoms with Crippen LogP contribution in [0.15, 0.2) is 6.33 Å². The van der Waals surface area contributed by atoms with Crippen LogP contribution >= 0.6 is 0 Å². The number of fused-ring (bicyclic) bond motifs is 1. The van der Waals surface area contributed by atoms with Crippen LogP contribution in [-0.2, 0) is 4.79 Å². The number of amides is 1. The van der Waals surface area contributed by atoms with Gasteiger partial charge in [0.05, 0.1) is 0 Å². The molecule has 2 fully saturated rings. The number of aromatic nitrogens is 2. The fraction of sp³-hybridized carbons (Fsp3) is 0.737. The zero-order chi connectivity index (χ0) is 18.9. The number of piperazine rings is 1. The highest BCUT2D eigenvalue weighted by molar-refractivity contribution is 6.04. The minimum absolute atomic E-state index is 0.0493. The minimum atomic E-state index is -0.282. The van der Waals surface area contributed by atoms with Gasteiger partial charge in [-0.25, -0.2) is 9.97 Å². The molecule has 1 saturated carbocycles. The monoisotopic (exact) mass is 373 g/mol. The van der Waals surface area contributed by atoms with E-state index in [1.165, 1.54) is 32.1 Å². The smallest absolute Gasteiger partial charge is 0.246 e. The summed E-state index contributed by atoms with van der Waals surface area (Å²) in [6.07, 6.45) is 7.90. The first kappa shape index (κ1) is 18.4. The molecular weight excluding hydrogens is 342 g/mol. The molecular formula is C19H31N7O. The normalized spacial score (nSPS) is 26.0. The average Bonchev–Trinajstić information content (AvgIpc) is 2.68. The number of nitrogens with one attached hydrogen (secondary N) is 3. The third kappa shape index (κ3) is 3.73. The van der Waals surface area contributed by atoms with E-state index in [0.717, 1.165) is 32.7 Å². The lowest BCUT2D eigenvalue weighted by molar-refractivity contribution is -0.116. The van der Waals surface area contributed by atoms with Crippen LogP contribution in [0, 0.1) is 0 Å². The number of rotatable bonds is 4. The van der Waals surface area contributed by atoms with Crippen LogP contribution in [0.2, 0.25) is 0 Å². The molecule has 1 atom stereocenters. The van der Waals surface area contributed by atoms with Crippen molar-refractivity contribution in [3.05, 3.63) is 6.33 Å². The van der Waals surface area contributed by atoms with E-state index in [-0.39, 0.29) is 17.5 Å². The van der Waals surface area contributed by atoms with Crippen molar-refractivity contribution in [2.75, 3.05) is 55.7 Å². The van der Waals surface area contributed by atoms with Gasteiger partial charge in [0.15, 0.2) is 11.6 Å². The zero-order valence-corrected chi connectivity index (χ0v) is 16.4. The molecule has 4 rings (SSSR count). The summed E-state index contributed by atoms with van der Waals surface area (Å²) >= 11 is 0. The summed E-state index contributed by atoms with van der Waals surface area (Å²) in [5, 5.41) is 9.67. The highest BCUT2D eigenvalue weighted by Crippen LogP contribution is 2.36. The molecule has 1 amide bonds. The van der Waals surface area contributed by atoms with E-state index in [1.54, 1.807) is 6.33 Å². The number of likely N-dealkylation sites (N-methyl/N-ethyl adjacent to an activating group) is 1. The lowest BCUT2D eigenvalue weighted by Gasteiger charge is -2.49. The van der Waals surface area contributed by atoms with Crippen LogP contribution in [-0.4, -0.2) is 77.0 Å². The second-order valence-electron chi connectivity index (χ2n) is 8.23. The summed E-state index contributed by atoms with van der Waals surface area (Å²) in [5.74, 6) is 1.36. The average molecular weight is 374 g/mol. The van der Waals surface area contributed by atoms with Gasteiger partial charge in [-0.2, -0.15) is 0 Å². The Morgan fingerprint density at radius 1 is 1.19 bits per heavy atom. The Bertz CT molecular complexity index is 681. The van der Waals surface area contributed by atoms with Crippen LogP contribution in [0.3, 0.4) is 0 Å². The van der Waals surface area contributed by atoms with Crippen molar-refractivity contribution in [1.29, 1.82) is 0 Å². The summed E-state index contributed by atoms with van der Waals surface area (Å²) in [7, 11) is 2.20. The Balaban J connectivity index is 1.52. The second kappa shape index (κ2) is 7.59. The molecule has 0 spiro atoms. The molecule has 3 heterocycles. The molecule has 1 unspecified atom stereocenters. The van der Waals surface area contributed by atoms with Gasteiger partial charge in [0, 0.05) is 38.3 Å². The molecule has 0 bridgehead atoms. The Kier molecular flexibility index (Phi) is 5.19. The molecule has 1 aliphatic carbocycles. The van der Waals surface area contributed by atoms with Crippen molar-refractivity contribution in [2.24, 2.45) is 0 Å². The Labute approximate surface area is 161 Å². The molecule has 1 aromatic heterocycles. The Morgan fingerprint density at radius 3 is 2.67 bits per heavy atom. The van der Waals surface area contributed by atoms with E-state index in [0.29, 0.717) is 17.3 Å². The van der Waals surface area contributed by atoms with Crippen molar-refractivity contribution in [3.63, 3.8) is 0 Å². The number of anilines is 3. The lowest BCUT2D eigenvalue weighted by Crippen LogP contribution is -2.60. The number of carbonyl (C=O) groups is 1. The molecule has 3 N–H and O–H groups in total. The number of hydrogen-bond acceptors (Lipinski definition) is 7. The van der Waals surface area contributed by atoms with E-state index in [2.05, 4.69) is 42.8 Å². The topological polar surface area (TPSA) is 85.4 Å². The van der Waals surface area contributed by atoms with E-state index >= 15 is 0 Å². The lowest BCUT2D eigenvalue weighted by atomic mass is 9.79.